The average molecular weight is 438 g/mol. The zero-order valence-corrected chi connectivity index (χ0v) is 18.1. The number of ether oxygens (including phenoxy) is 2. The minimum atomic E-state index is -0.371. The van der Waals surface area contributed by atoms with Gasteiger partial charge in [0.2, 0.25) is 0 Å². The summed E-state index contributed by atoms with van der Waals surface area (Å²) in [4.78, 5) is 18.3. The van der Waals surface area contributed by atoms with Crippen molar-refractivity contribution in [1.82, 2.24) is 15.2 Å². The van der Waals surface area contributed by atoms with E-state index in [1.165, 1.54) is 7.11 Å². The van der Waals surface area contributed by atoms with Gasteiger partial charge in [-0.25, -0.2) is 4.79 Å². The van der Waals surface area contributed by atoms with Crippen LogP contribution in [0.3, 0.4) is 0 Å². The van der Waals surface area contributed by atoms with E-state index in [0.717, 1.165) is 17.0 Å². The highest BCUT2D eigenvalue weighted by Gasteiger charge is 2.41. The fourth-order valence-electron chi connectivity index (χ4n) is 3.70. The summed E-state index contributed by atoms with van der Waals surface area (Å²) in [6.07, 6.45) is 1.77. The molecule has 3 heterocycles. The number of nitrogens with zero attached hydrogens (tertiary/aromatic N) is 2. The number of benzene rings is 1. The van der Waals surface area contributed by atoms with Crippen LogP contribution >= 0.6 is 12.2 Å². The number of hydrogen-bond acceptors (Lipinski definition) is 6. The van der Waals surface area contributed by atoms with E-state index in [1.54, 1.807) is 25.4 Å². The van der Waals surface area contributed by atoms with Gasteiger partial charge in [0, 0.05) is 25.4 Å². The lowest BCUT2D eigenvalue weighted by Gasteiger charge is -2.25. The second kappa shape index (κ2) is 9.28. The number of rotatable bonds is 7. The number of carbonyl (C=O) groups is 1. The largest absolute Gasteiger partial charge is 0.465 e. The Hall–Kier alpha value is -3.23. The molecular weight excluding hydrogens is 414 g/mol. The number of furan rings is 1. The van der Waals surface area contributed by atoms with E-state index in [4.69, 9.17) is 26.1 Å². The molecule has 2 atom stereocenters. The number of esters is 1. The molecule has 4 rings (SSSR count). The second-order valence-electron chi connectivity index (χ2n) is 7.08. The SMILES string of the molecule is COCCN1C(=S)N[C@@H](c2ccccn2)[C@@H]1c1ccc(-c2ccc(C(=O)OC)cc2)o1. The first-order chi connectivity index (χ1) is 15.1. The Morgan fingerprint density at radius 3 is 2.65 bits per heavy atom. The zero-order valence-electron chi connectivity index (χ0n) is 17.3. The Morgan fingerprint density at radius 1 is 1.16 bits per heavy atom. The van der Waals surface area contributed by atoms with Gasteiger partial charge in [-0.3, -0.25) is 4.98 Å². The van der Waals surface area contributed by atoms with Crippen LogP contribution in [-0.4, -0.2) is 48.3 Å². The van der Waals surface area contributed by atoms with Gasteiger partial charge in [0.1, 0.15) is 17.6 Å². The molecule has 160 valence electrons. The number of aromatic nitrogens is 1. The van der Waals surface area contributed by atoms with Gasteiger partial charge in [-0.1, -0.05) is 18.2 Å². The number of nitrogens with one attached hydrogen (secondary N) is 1. The van der Waals surface area contributed by atoms with Crippen molar-refractivity contribution in [2.45, 2.75) is 12.1 Å². The van der Waals surface area contributed by atoms with Gasteiger partial charge in [0.05, 0.1) is 31.0 Å². The molecule has 0 spiro atoms. The molecule has 1 aliphatic rings. The van der Waals surface area contributed by atoms with Crippen molar-refractivity contribution >= 4 is 23.3 Å². The minimum Gasteiger partial charge on any atom is -0.465 e. The van der Waals surface area contributed by atoms with E-state index >= 15 is 0 Å². The molecule has 3 aromatic rings. The van der Waals surface area contributed by atoms with E-state index in [0.29, 0.717) is 29.6 Å². The van der Waals surface area contributed by atoms with Gasteiger partial charge in [0.25, 0.3) is 0 Å². The minimum absolute atomic E-state index is 0.147. The van der Waals surface area contributed by atoms with Crippen LogP contribution in [0.2, 0.25) is 0 Å². The average Bonchev–Trinajstić information content (AvgIpc) is 3.42. The summed E-state index contributed by atoms with van der Waals surface area (Å²) in [5, 5.41) is 4.02. The van der Waals surface area contributed by atoms with Crippen molar-refractivity contribution < 1.29 is 18.7 Å². The highest BCUT2D eigenvalue weighted by Crippen LogP contribution is 2.40. The number of methoxy groups -OCH3 is 2. The molecule has 1 N–H and O–H groups in total. The molecule has 0 bridgehead atoms. The molecule has 0 aliphatic carbocycles. The smallest absolute Gasteiger partial charge is 0.337 e. The highest BCUT2D eigenvalue weighted by atomic mass is 32.1. The normalized spacial score (nSPS) is 18.1. The molecule has 1 aromatic carbocycles. The van der Waals surface area contributed by atoms with Crippen molar-refractivity contribution in [3.8, 4) is 11.3 Å². The number of hydrogen-bond donors (Lipinski definition) is 1. The third-order valence-electron chi connectivity index (χ3n) is 5.24. The molecule has 8 heteroatoms. The van der Waals surface area contributed by atoms with E-state index in [-0.39, 0.29) is 18.1 Å². The van der Waals surface area contributed by atoms with Gasteiger partial charge >= 0.3 is 5.97 Å². The standard InChI is InChI=1S/C23H23N3O4S/c1-28-14-13-26-21(20(25-23(26)31)17-5-3-4-12-24-17)19-11-10-18(30-19)15-6-8-16(9-7-15)22(27)29-2/h3-12,20-21H,13-14H2,1-2H3,(H,25,31)/t20-,21-/m0/s1. The van der Waals surface area contributed by atoms with Crippen LogP contribution in [-0.2, 0) is 9.47 Å². The quantitative estimate of drug-likeness (QED) is 0.442. The molecule has 1 saturated heterocycles. The highest BCUT2D eigenvalue weighted by molar-refractivity contribution is 7.80. The first-order valence-corrected chi connectivity index (χ1v) is 10.3. The molecule has 1 aliphatic heterocycles. The summed E-state index contributed by atoms with van der Waals surface area (Å²) < 4.78 is 16.3. The maximum atomic E-state index is 11.7. The summed E-state index contributed by atoms with van der Waals surface area (Å²) in [5.74, 6) is 1.10. The van der Waals surface area contributed by atoms with Crippen LogP contribution in [0.4, 0.5) is 0 Å². The maximum absolute atomic E-state index is 11.7. The Morgan fingerprint density at radius 2 is 1.97 bits per heavy atom. The van der Waals surface area contributed by atoms with Gasteiger partial charge < -0.3 is 24.1 Å². The lowest BCUT2D eigenvalue weighted by Crippen LogP contribution is -2.32. The van der Waals surface area contributed by atoms with Crippen LogP contribution in [0.25, 0.3) is 11.3 Å². The summed E-state index contributed by atoms with van der Waals surface area (Å²) in [6, 6.07) is 16.5. The summed E-state index contributed by atoms with van der Waals surface area (Å²) in [6.45, 7) is 1.16. The van der Waals surface area contributed by atoms with Gasteiger partial charge in [-0.05, 0) is 48.6 Å². The maximum Gasteiger partial charge on any atom is 0.337 e. The van der Waals surface area contributed by atoms with E-state index in [1.807, 2.05) is 42.5 Å². The van der Waals surface area contributed by atoms with Gasteiger partial charge in [0.15, 0.2) is 5.11 Å². The lowest BCUT2D eigenvalue weighted by molar-refractivity contribution is 0.0600. The molecule has 2 aromatic heterocycles. The molecule has 0 radical (unpaired) electrons. The van der Waals surface area contributed by atoms with Crippen molar-refractivity contribution in [1.29, 1.82) is 0 Å². The lowest BCUT2D eigenvalue weighted by atomic mass is 10.0. The Bertz CT molecular complexity index is 1050. The molecule has 0 unspecified atom stereocenters. The number of carbonyl (C=O) groups excluding carboxylic acids is 1. The fraction of sp³-hybridized carbons (Fsp3) is 0.261. The first kappa shape index (κ1) is 21.0. The van der Waals surface area contributed by atoms with Crippen molar-refractivity contribution in [2.24, 2.45) is 0 Å². The van der Waals surface area contributed by atoms with E-state index in [9.17, 15) is 4.79 Å². The molecule has 7 nitrogen and oxygen atoms in total. The number of thiocarbonyl (C=S) groups is 1. The summed E-state index contributed by atoms with van der Waals surface area (Å²) in [7, 11) is 3.03. The third kappa shape index (κ3) is 4.30. The molecular formula is C23H23N3O4S. The Labute approximate surface area is 186 Å². The Balaban J connectivity index is 1.65. The Kier molecular flexibility index (Phi) is 6.29. The van der Waals surface area contributed by atoms with E-state index in [2.05, 4.69) is 15.2 Å². The van der Waals surface area contributed by atoms with Crippen LogP contribution in [0.15, 0.2) is 65.2 Å². The first-order valence-electron chi connectivity index (χ1n) is 9.88. The van der Waals surface area contributed by atoms with Crippen LogP contribution in [0.1, 0.15) is 33.9 Å². The molecule has 0 amide bonds. The molecule has 0 saturated carbocycles. The van der Waals surface area contributed by atoms with Crippen molar-refractivity contribution in [3.05, 3.63) is 77.8 Å². The molecule has 1 fully saturated rings. The van der Waals surface area contributed by atoms with Gasteiger partial charge in [-0.15, -0.1) is 0 Å². The predicted molar refractivity (Wildman–Crippen MR) is 120 cm³/mol. The van der Waals surface area contributed by atoms with Crippen molar-refractivity contribution in [3.63, 3.8) is 0 Å². The second-order valence-corrected chi connectivity index (χ2v) is 7.47. The van der Waals surface area contributed by atoms with Crippen LogP contribution < -0.4 is 5.32 Å². The summed E-state index contributed by atoms with van der Waals surface area (Å²) in [5.41, 5.74) is 2.24. The summed E-state index contributed by atoms with van der Waals surface area (Å²) >= 11 is 5.60. The number of pyridine rings is 1. The van der Waals surface area contributed by atoms with Crippen LogP contribution in [0.5, 0.6) is 0 Å². The van der Waals surface area contributed by atoms with E-state index < -0.39 is 0 Å². The zero-order chi connectivity index (χ0) is 21.8. The van der Waals surface area contributed by atoms with Crippen molar-refractivity contribution in [2.75, 3.05) is 27.4 Å². The topological polar surface area (TPSA) is 76.8 Å². The monoisotopic (exact) mass is 437 g/mol. The van der Waals surface area contributed by atoms with Crippen LogP contribution in [0, 0.1) is 0 Å². The third-order valence-corrected chi connectivity index (χ3v) is 5.60. The van der Waals surface area contributed by atoms with Gasteiger partial charge in [-0.2, -0.15) is 0 Å². The predicted octanol–water partition coefficient (Wildman–Crippen LogP) is 3.75. The molecule has 31 heavy (non-hydrogen) atoms. The fourth-order valence-corrected chi connectivity index (χ4v) is 4.03.